The van der Waals surface area contributed by atoms with Crippen molar-refractivity contribution in [1.29, 1.82) is 0 Å². The molecule has 0 atom stereocenters. The summed E-state index contributed by atoms with van der Waals surface area (Å²) in [5.74, 6) is 3.47. The molecular formula is C32H39NO2. The Morgan fingerprint density at radius 2 is 1.66 bits per heavy atom. The molecule has 0 unspecified atom stereocenters. The molecule has 2 aliphatic rings. The van der Waals surface area contributed by atoms with Crippen molar-refractivity contribution in [3.05, 3.63) is 83.4 Å². The maximum atomic E-state index is 6.23. The highest BCUT2D eigenvalue weighted by atomic mass is 16.5. The average Bonchev–Trinajstić information content (AvgIpc) is 3.74. The van der Waals surface area contributed by atoms with E-state index in [1.807, 2.05) is 6.07 Å². The first-order valence-electron chi connectivity index (χ1n) is 13.6. The minimum atomic E-state index is 0.594. The molecule has 0 spiro atoms. The van der Waals surface area contributed by atoms with Gasteiger partial charge < -0.3 is 14.8 Å². The zero-order chi connectivity index (χ0) is 23.9. The molecular weight excluding hydrogens is 430 g/mol. The van der Waals surface area contributed by atoms with E-state index in [4.69, 9.17) is 9.47 Å². The van der Waals surface area contributed by atoms with E-state index in [1.165, 1.54) is 73.7 Å². The Morgan fingerprint density at radius 1 is 0.829 bits per heavy atom. The minimum absolute atomic E-state index is 0.594. The van der Waals surface area contributed by atoms with Crippen molar-refractivity contribution in [3.63, 3.8) is 0 Å². The molecule has 184 valence electrons. The van der Waals surface area contributed by atoms with Crippen molar-refractivity contribution in [2.75, 3.05) is 11.9 Å². The molecule has 0 bridgehead atoms. The monoisotopic (exact) mass is 469 g/mol. The smallest absolute Gasteiger partial charge is 0.124 e. The van der Waals surface area contributed by atoms with Crippen molar-refractivity contribution >= 4 is 11.4 Å². The zero-order valence-corrected chi connectivity index (χ0v) is 21.1. The molecule has 0 heterocycles. The topological polar surface area (TPSA) is 30.5 Å². The lowest BCUT2D eigenvalue weighted by molar-refractivity contribution is 0.268. The first kappa shape index (κ1) is 23.8. The quantitative estimate of drug-likeness (QED) is 0.284. The number of hydrogen-bond donors (Lipinski definition) is 1. The summed E-state index contributed by atoms with van der Waals surface area (Å²) in [5.41, 5.74) is 5.99. The van der Waals surface area contributed by atoms with Crippen LogP contribution in [0.5, 0.6) is 11.5 Å². The number of anilines is 2. The number of rotatable bonds is 11. The summed E-state index contributed by atoms with van der Waals surface area (Å²) in [5, 5.41) is 3.67. The molecule has 0 radical (unpaired) electrons. The normalized spacial score (nSPS) is 16.1. The largest absolute Gasteiger partial charge is 0.493 e. The summed E-state index contributed by atoms with van der Waals surface area (Å²) in [6, 6.07) is 23.3. The highest BCUT2D eigenvalue weighted by Gasteiger charge is 2.27. The van der Waals surface area contributed by atoms with Crippen LogP contribution in [0, 0.1) is 12.8 Å². The van der Waals surface area contributed by atoms with Crippen LogP contribution in [0.2, 0.25) is 0 Å². The number of ether oxygens (including phenoxy) is 2. The molecule has 5 rings (SSSR count). The van der Waals surface area contributed by atoms with E-state index in [0.717, 1.165) is 36.1 Å². The van der Waals surface area contributed by atoms with Gasteiger partial charge in [0.15, 0.2) is 0 Å². The van der Waals surface area contributed by atoms with Crippen LogP contribution < -0.4 is 14.8 Å². The first-order valence-corrected chi connectivity index (χ1v) is 13.6. The predicted octanol–water partition coefficient (Wildman–Crippen LogP) is 8.93. The van der Waals surface area contributed by atoms with Crippen LogP contribution in [-0.2, 0) is 6.61 Å². The zero-order valence-electron chi connectivity index (χ0n) is 21.1. The van der Waals surface area contributed by atoms with Gasteiger partial charge in [0.25, 0.3) is 0 Å². The van der Waals surface area contributed by atoms with Crippen LogP contribution in [0.25, 0.3) is 0 Å². The Balaban J connectivity index is 1.20. The molecule has 35 heavy (non-hydrogen) atoms. The average molecular weight is 470 g/mol. The Hall–Kier alpha value is -2.94. The fourth-order valence-corrected chi connectivity index (χ4v) is 5.24. The number of aryl methyl sites for hydroxylation is 1. The molecule has 2 saturated carbocycles. The van der Waals surface area contributed by atoms with E-state index < -0.39 is 0 Å². The predicted molar refractivity (Wildman–Crippen MR) is 145 cm³/mol. The van der Waals surface area contributed by atoms with Gasteiger partial charge in [0.1, 0.15) is 18.1 Å². The van der Waals surface area contributed by atoms with Gasteiger partial charge >= 0.3 is 0 Å². The van der Waals surface area contributed by atoms with Gasteiger partial charge in [-0.2, -0.15) is 0 Å². The van der Waals surface area contributed by atoms with Crippen LogP contribution in [0.1, 0.15) is 80.4 Å². The summed E-state index contributed by atoms with van der Waals surface area (Å²) in [7, 11) is 0. The Labute approximate surface area is 210 Å². The van der Waals surface area contributed by atoms with Crippen LogP contribution >= 0.6 is 0 Å². The second-order valence-electron chi connectivity index (χ2n) is 10.4. The van der Waals surface area contributed by atoms with Crippen LogP contribution in [0.3, 0.4) is 0 Å². The molecule has 3 aromatic carbocycles. The first-order chi connectivity index (χ1) is 17.2. The van der Waals surface area contributed by atoms with Crippen molar-refractivity contribution in [1.82, 2.24) is 0 Å². The molecule has 2 fully saturated rings. The van der Waals surface area contributed by atoms with E-state index in [2.05, 4.69) is 72.9 Å². The number of nitrogens with one attached hydrogen (secondary N) is 1. The summed E-state index contributed by atoms with van der Waals surface area (Å²) in [4.78, 5) is 0. The van der Waals surface area contributed by atoms with Crippen LogP contribution in [-0.4, -0.2) is 6.61 Å². The Kier molecular flexibility index (Phi) is 7.92. The van der Waals surface area contributed by atoms with Crippen LogP contribution in [0.15, 0.2) is 66.7 Å². The molecule has 3 nitrogen and oxygen atoms in total. The SMILES string of the molecule is Cc1ccc(Nc2ccc(OCc3ccccc3)cc2C2CC2)cc1OCCCC1CCCCC1. The third-order valence-corrected chi connectivity index (χ3v) is 7.49. The van der Waals surface area contributed by atoms with E-state index >= 15 is 0 Å². The Morgan fingerprint density at radius 3 is 2.46 bits per heavy atom. The molecule has 0 amide bonds. The van der Waals surface area contributed by atoms with Crippen LogP contribution in [0.4, 0.5) is 11.4 Å². The maximum Gasteiger partial charge on any atom is 0.124 e. The van der Waals surface area contributed by atoms with Gasteiger partial charge in [-0.3, -0.25) is 0 Å². The second-order valence-corrected chi connectivity index (χ2v) is 10.4. The van der Waals surface area contributed by atoms with Gasteiger partial charge in [-0.05, 0) is 85.4 Å². The molecule has 2 aliphatic carbocycles. The van der Waals surface area contributed by atoms with Gasteiger partial charge in [0.05, 0.1) is 6.61 Å². The summed E-state index contributed by atoms with van der Waals surface area (Å²) < 4.78 is 12.3. The molecule has 3 heteroatoms. The van der Waals surface area contributed by atoms with Gasteiger partial charge in [-0.25, -0.2) is 0 Å². The lowest BCUT2D eigenvalue weighted by Gasteiger charge is -2.21. The minimum Gasteiger partial charge on any atom is -0.493 e. The molecule has 1 N–H and O–H groups in total. The molecule has 0 saturated heterocycles. The third kappa shape index (κ3) is 6.81. The second kappa shape index (κ2) is 11.7. The van der Waals surface area contributed by atoms with E-state index in [1.54, 1.807) is 0 Å². The lowest BCUT2D eigenvalue weighted by atomic mass is 9.86. The fourth-order valence-electron chi connectivity index (χ4n) is 5.24. The van der Waals surface area contributed by atoms with E-state index in [0.29, 0.717) is 12.5 Å². The van der Waals surface area contributed by atoms with Crippen molar-refractivity contribution in [2.45, 2.75) is 77.2 Å². The number of benzene rings is 3. The van der Waals surface area contributed by atoms with Gasteiger partial charge in [0, 0.05) is 17.4 Å². The van der Waals surface area contributed by atoms with E-state index in [9.17, 15) is 0 Å². The van der Waals surface area contributed by atoms with Gasteiger partial charge in [-0.1, -0.05) is 68.5 Å². The fraction of sp³-hybridized carbons (Fsp3) is 0.438. The summed E-state index contributed by atoms with van der Waals surface area (Å²) in [6.45, 7) is 3.54. The molecule has 0 aromatic heterocycles. The summed E-state index contributed by atoms with van der Waals surface area (Å²) in [6.07, 6.45) is 12.1. The standard InChI is InChI=1S/C32H39NO2/c1-24-14-17-28(21-32(24)34-20-8-13-25-9-4-2-5-10-25)33-31-19-18-29(22-30(31)27-15-16-27)35-23-26-11-6-3-7-12-26/h3,6-7,11-12,14,17-19,21-22,25,27,33H,2,4-5,8-10,13,15-16,20,23H2,1H3. The highest BCUT2D eigenvalue weighted by Crippen LogP contribution is 2.45. The van der Waals surface area contributed by atoms with Crippen molar-refractivity contribution < 1.29 is 9.47 Å². The lowest BCUT2D eigenvalue weighted by Crippen LogP contribution is -2.08. The molecule has 0 aliphatic heterocycles. The van der Waals surface area contributed by atoms with Gasteiger partial charge in [0.2, 0.25) is 0 Å². The van der Waals surface area contributed by atoms with Crippen molar-refractivity contribution in [2.24, 2.45) is 5.92 Å². The third-order valence-electron chi connectivity index (χ3n) is 7.49. The van der Waals surface area contributed by atoms with E-state index in [-0.39, 0.29) is 0 Å². The number of hydrogen-bond acceptors (Lipinski definition) is 3. The van der Waals surface area contributed by atoms with Gasteiger partial charge in [-0.15, -0.1) is 0 Å². The highest BCUT2D eigenvalue weighted by molar-refractivity contribution is 5.67. The van der Waals surface area contributed by atoms with Crippen molar-refractivity contribution in [3.8, 4) is 11.5 Å². The molecule has 3 aromatic rings. The maximum absolute atomic E-state index is 6.23. The Bertz CT molecular complexity index is 1080. The summed E-state index contributed by atoms with van der Waals surface area (Å²) >= 11 is 0.